The molecule has 0 radical (unpaired) electrons. The van der Waals surface area contributed by atoms with Gasteiger partial charge in [-0.1, -0.05) is 24.3 Å². The lowest BCUT2D eigenvalue weighted by Gasteiger charge is -2.30. The minimum atomic E-state index is -0.455. The number of hydrogen-bond acceptors (Lipinski definition) is 4. The van der Waals surface area contributed by atoms with Gasteiger partial charge in [0, 0.05) is 18.5 Å². The first-order valence-corrected chi connectivity index (χ1v) is 7.06. The highest BCUT2D eigenvalue weighted by atomic mass is 79.9. The van der Waals surface area contributed by atoms with E-state index in [2.05, 4.69) is 44.4 Å². The number of aromatic nitrogens is 1. The predicted molar refractivity (Wildman–Crippen MR) is 80.0 cm³/mol. The standard InChI is InChI=1S/C14H12BrN3O2/c15-13-6-11(18(19)20)8-17-14(13)16-7-10-5-9-3-1-2-4-12(9)10/h1-4,6,8,10H,5,7H2,(H,16,17). The van der Waals surface area contributed by atoms with Gasteiger partial charge in [-0.3, -0.25) is 10.1 Å². The summed E-state index contributed by atoms with van der Waals surface area (Å²) in [5.74, 6) is 1.12. The fraction of sp³-hybridized carbons (Fsp3) is 0.214. The number of halogens is 1. The Kier molecular flexibility index (Phi) is 3.40. The maximum atomic E-state index is 10.6. The molecule has 1 aromatic carbocycles. The van der Waals surface area contributed by atoms with Gasteiger partial charge in [0.1, 0.15) is 12.0 Å². The summed E-state index contributed by atoms with van der Waals surface area (Å²) in [6.45, 7) is 0.778. The van der Waals surface area contributed by atoms with Gasteiger partial charge in [0.2, 0.25) is 0 Å². The summed E-state index contributed by atoms with van der Waals surface area (Å²) in [5, 5.41) is 13.9. The van der Waals surface area contributed by atoms with E-state index in [9.17, 15) is 10.1 Å². The Bertz CT molecular complexity index is 675. The smallest absolute Gasteiger partial charge is 0.288 e. The van der Waals surface area contributed by atoms with Crippen LogP contribution in [0.1, 0.15) is 17.0 Å². The lowest BCUT2D eigenvalue weighted by Crippen LogP contribution is -2.24. The molecule has 1 aliphatic carbocycles. The highest BCUT2D eigenvalue weighted by molar-refractivity contribution is 9.10. The Morgan fingerprint density at radius 1 is 1.45 bits per heavy atom. The predicted octanol–water partition coefficient (Wildman–Crippen LogP) is 3.50. The van der Waals surface area contributed by atoms with Crippen LogP contribution in [0.4, 0.5) is 11.5 Å². The topological polar surface area (TPSA) is 68.1 Å². The summed E-state index contributed by atoms with van der Waals surface area (Å²) in [4.78, 5) is 14.3. The molecule has 6 heteroatoms. The van der Waals surface area contributed by atoms with Crippen molar-refractivity contribution in [2.24, 2.45) is 0 Å². The lowest BCUT2D eigenvalue weighted by atomic mass is 9.77. The van der Waals surface area contributed by atoms with Gasteiger partial charge >= 0.3 is 0 Å². The van der Waals surface area contributed by atoms with Crippen molar-refractivity contribution in [1.82, 2.24) is 4.98 Å². The van der Waals surface area contributed by atoms with E-state index in [1.54, 1.807) is 0 Å². The molecule has 0 saturated heterocycles. The number of benzene rings is 1. The number of nitrogens with zero attached hydrogens (tertiary/aromatic N) is 2. The molecule has 5 nitrogen and oxygen atoms in total. The quantitative estimate of drug-likeness (QED) is 0.686. The van der Waals surface area contributed by atoms with Gasteiger partial charge in [-0.2, -0.15) is 0 Å². The molecule has 1 aliphatic rings. The van der Waals surface area contributed by atoms with E-state index in [4.69, 9.17) is 0 Å². The molecule has 20 heavy (non-hydrogen) atoms. The van der Waals surface area contributed by atoms with Gasteiger partial charge in [-0.15, -0.1) is 0 Å². The van der Waals surface area contributed by atoms with Gasteiger partial charge < -0.3 is 5.32 Å². The summed E-state index contributed by atoms with van der Waals surface area (Å²) in [6.07, 6.45) is 2.33. The minimum absolute atomic E-state index is 0.0172. The summed E-state index contributed by atoms with van der Waals surface area (Å²) in [7, 11) is 0. The molecule has 0 aliphatic heterocycles. The number of fused-ring (bicyclic) bond motifs is 1. The molecule has 1 aromatic heterocycles. The number of rotatable bonds is 4. The number of anilines is 1. The van der Waals surface area contributed by atoms with Gasteiger partial charge in [-0.05, 0) is 33.5 Å². The first-order valence-electron chi connectivity index (χ1n) is 6.27. The molecule has 1 N–H and O–H groups in total. The van der Waals surface area contributed by atoms with Gasteiger partial charge in [0.05, 0.1) is 9.40 Å². The van der Waals surface area contributed by atoms with Crippen LogP contribution in [-0.2, 0) is 6.42 Å². The Hall–Kier alpha value is -1.95. The van der Waals surface area contributed by atoms with Crippen LogP contribution in [0.15, 0.2) is 41.0 Å². The molecular weight excluding hydrogens is 322 g/mol. The molecule has 0 spiro atoms. The number of nitro groups is 1. The van der Waals surface area contributed by atoms with Gasteiger partial charge in [0.15, 0.2) is 0 Å². The molecule has 102 valence electrons. The van der Waals surface area contributed by atoms with Gasteiger partial charge in [0.25, 0.3) is 5.69 Å². The summed E-state index contributed by atoms with van der Waals surface area (Å²) in [6, 6.07) is 9.85. The molecule has 3 rings (SSSR count). The second-order valence-corrected chi connectivity index (χ2v) is 5.62. The highest BCUT2D eigenvalue weighted by Crippen LogP contribution is 2.35. The third-order valence-corrected chi connectivity index (χ3v) is 4.12. The number of hydrogen-bond donors (Lipinski definition) is 1. The summed E-state index contributed by atoms with van der Waals surface area (Å²) < 4.78 is 0.610. The van der Waals surface area contributed by atoms with Crippen LogP contribution < -0.4 is 5.32 Å². The molecular formula is C14H12BrN3O2. The maximum Gasteiger partial charge on any atom is 0.288 e. The van der Waals surface area contributed by atoms with Crippen LogP contribution in [0.2, 0.25) is 0 Å². The third kappa shape index (κ3) is 2.38. The molecule has 0 amide bonds. The zero-order chi connectivity index (χ0) is 14.1. The molecule has 1 heterocycles. The van der Waals surface area contributed by atoms with Crippen LogP contribution in [0.3, 0.4) is 0 Å². The van der Waals surface area contributed by atoms with Crippen LogP contribution in [0.5, 0.6) is 0 Å². The van der Waals surface area contributed by atoms with E-state index < -0.39 is 4.92 Å². The monoisotopic (exact) mass is 333 g/mol. The van der Waals surface area contributed by atoms with E-state index >= 15 is 0 Å². The van der Waals surface area contributed by atoms with Crippen molar-refractivity contribution in [1.29, 1.82) is 0 Å². The fourth-order valence-corrected chi connectivity index (χ4v) is 2.90. The van der Waals surface area contributed by atoms with Crippen molar-refractivity contribution in [3.63, 3.8) is 0 Å². The molecule has 0 bridgehead atoms. The maximum absolute atomic E-state index is 10.6. The highest BCUT2D eigenvalue weighted by Gasteiger charge is 2.25. The molecule has 0 fully saturated rings. The first kappa shape index (κ1) is 13.1. The van der Waals surface area contributed by atoms with Crippen molar-refractivity contribution < 1.29 is 4.92 Å². The van der Waals surface area contributed by atoms with Crippen molar-refractivity contribution in [2.45, 2.75) is 12.3 Å². The zero-order valence-electron chi connectivity index (χ0n) is 10.5. The van der Waals surface area contributed by atoms with Crippen LogP contribution in [-0.4, -0.2) is 16.5 Å². The normalized spacial score (nSPS) is 16.1. The van der Waals surface area contributed by atoms with E-state index in [1.165, 1.54) is 23.4 Å². The second-order valence-electron chi connectivity index (χ2n) is 4.76. The Morgan fingerprint density at radius 2 is 2.25 bits per heavy atom. The van der Waals surface area contributed by atoms with Gasteiger partial charge in [-0.25, -0.2) is 4.98 Å². The number of nitrogens with one attached hydrogen (secondary N) is 1. The molecule has 0 saturated carbocycles. The SMILES string of the molecule is O=[N+]([O-])c1cnc(NCC2Cc3ccccc32)c(Br)c1. The van der Waals surface area contributed by atoms with Crippen molar-refractivity contribution in [2.75, 3.05) is 11.9 Å². The van der Waals surface area contributed by atoms with Crippen molar-refractivity contribution >= 4 is 27.4 Å². The van der Waals surface area contributed by atoms with Crippen LogP contribution in [0.25, 0.3) is 0 Å². The lowest BCUT2D eigenvalue weighted by molar-refractivity contribution is -0.385. The van der Waals surface area contributed by atoms with Crippen molar-refractivity contribution in [3.8, 4) is 0 Å². The Morgan fingerprint density at radius 3 is 2.95 bits per heavy atom. The molecule has 1 atom stereocenters. The van der Waals surface area contributed by atoms with E-state index in [1.807, 2.05) is 6.07 Å². The minimum Gasteiger partial charge on any atom is -0.369 e. The average molecular weight is 334 g/mol. The van der Waals surface area contributed by atoms with E-state index in [0.717, 1.165) is 13.0 Å². The fourth-order valence-electron chi connectivity index (χ4n) is 2.42. The van der Waals surface area contributed by atoms with Crippen LogP contribution >= 0.6 is 15.9 Å². The zero-order valence-corrected chi connectivity index (χ0v) is 12.1. The summed E-state index contributed by atoms with van der Waals surface area (Å²) >= 11 is 3.31. The molecule has 2 aromatic rings. The Balaban J connectivity index is 1.67. The summed E-state index contributed by atoms with van der Waals surface area (Å²) in [5.41, 5.74) is 2.75. The largest absolute Gasteiger partial charge is 0.369 e. The average Bonchev–Trinajstić information content (AvgIpc) is 2.41. The van der Waals surface area contributed by atoms with E-state index in [-0.39, 0.29) is 5.69 Å². The number of pyridine rings is 1. The Labute approximate surface area is 124 Å². The second kappa shape index (κ2) is 5.20. The molecule has 1 unspecified atom stereocenters. The van der Waals surface area contributed by atoms with E-state index in [0.29, 0.717) is 16.2 Å². The first-order chi connectivity index (χ1) is 9.65. The third-order valence-electron chi connectivity index (χ3n) is 3.51. The van der Waals surface area contributed by atoms with Crippen molar-refractivity contribution in [3.05, 3.63) is 62.2 Å². The van der Waals surface area contributed by atoms with Crippen LogP contribution in [0, 0.1) is 10.1 Å².